The molecule has 0 radical (unpaired) electrons. The molecule has 0 spiro atoms. The van der Waals surface area contributed by atoms with E-state index >= 15 is 0 Å². The molecular formula is C23H28F3N3O6S. The van der Waals surface area contributed by atoms with E-state index < -0.39 is 44.5 Å². The molecule has 1 aromatic carbocycles. The van der Waals surface area contributed by atoms with E-state index in [0.717, 1.165) is 15.2 Å². The third-order valence-electron chi connectivity index (χ3n) is 5.17. The zero-order chi connectivity index (χ0) is 27.1. The van der Waals surface area contributed by atoms with Crippen molar-refractivity contribution in [1.82, 2.24) is 9.78 Å². The van der Waals surface area contributed by atoms with E-state index in [9.17, 15) is 31.2 Å². The number of sulfonamides is 1. The number of hydrogen-bond acceptors (Lipinski definition) is 7. The number of alkyl halides is 3. The van der Waals surface area contributed by atoms with E-state index in [1.807, 2.05) is 0 Å². The summed E-state index contributed by atoms with van der Waals surface area (Å²) in [5.41, 5.74) is -1.91. The largest absolute Gasteiger partial charge is 0.486 e. The average Bonchev–Trinajstić information content (AvgIpc) is 3.13. The van der Waals surface area contributed by atoms with Crippen molar-refractivity contribution in [3.8, 4) is 5.75 Å². The number of aromatic nitrogens is 2. The number of anilines is 1. The maximum Gasteiger partial charge on any atom is 0.436 e. The lowest BCUT2D eigenvalue weighted by molar-refractivity contribution is -0.154. The summed E-state index contributed by atoms with van der Waals surface area (Å²) in [4.78, 5) is 22.8. The second-order valence-corrected chi connectivity index (χ2v) is 11.4. The molecule has 1 aliphatic heterocycles. The highest BCUT2D eigenvalue weighted by molar-refractivity contribution is 7.92. The van der Waals surface area contributed by atoms with Crippen LogP contribution in [0.25, 0.3) is 0 Å². The fourth-order valence-electron chi connectivity index (χ4n) is 3.72. The summed E-state index contributed by atoms with van der Waals surface area (Å²) in [6.07, 6.45) is -4.91. The van der Waals surface area contributed by atoms with Crippen LogP contribution in [0.4, 0.5) is 18.9 Å². The molecule has 198 valence electrons. The van der Waals surface area contributed by atoms with Crippen molar-refractivity contribution in [2.75, 3.05) is 10.8 Å². The predicted octanol–water partition coefficient (Wildman–Crippen LogP) is 3.65. The zero-order valence-electron chi connectivity index (χ0n) is 20.5. The first-order valence-corrected chi connectivity index (χ1v) is 12.6. The maximum absolute atomic E-state index is 13.6. The van der Waals surface area contributed by atoms with Gasteiger partial charge in [0.2, 0.25) is 0 Å². The van der Waals surface area contributed by atoms with Crippen LogP contribution in [0.3, 0.4) is 0 Å². The standard InChI is InChI=1S/C23H28F3N3O6S/c1-14(30)6-8-16-12-29(36(32,33)19-13-28(5)27-21(19)23(24,25)26)17-10-15(7-9-18(17)34-16)11-20(31)35-22(2,3)4/h7,9-10,13,16H,6,8,11-12H2,1-5H3/t16-/m0/s1. The van der Waals surface area contributed by atoms with E-state index in [0.29, 0.717) is 5.56 Å². The van der Waals surface area contributed by atoms with Gasteiger partial charge >= 0.3 is 12.1 Å². The Hall–Kier alpha value is -3.09. The van der Waals surface area contributed by atoms with Crippen LogP contribution in [0.2, 0.25) is 0 Å². The molecule has 2 aromatic rings. The van der Waals surface area contributed by atoms with Crippen LogP contribution < -0.4 is 9.04 Å². The molecule has 0 aliphatic carbocycles. The third-order valence-corrected chi connectivity index (χ3v) is 6.95. The van der Waals surface area contributed by atoms with Crippen LogP contribution in [-0.4, -0.2) is 48.2 Å². The Labute approximate surface area is 207 Å². The lowest BCUT2D eigenvalue weighted by atomic mass is 10.1. The second-order valence-electron chi connectivity index (χ2n) is 9.60. The van der Waals surface area contributed by atoms with Crippen molar-refractivity contribution < 1.29 is 40.7 Å². The molecule has 2 heterocycles. The lowest BCUT2D eigenvalue weighted by Gasteiger charge is -2.35. The Morgan fingerprint density at radius 1 is 1.22 bits per heavy atom. The number of fused-ring (bicyclic) bond motifs is 1. The first-order valence-electron chi connectivity index (χ1n) is 11.1. The van der Waals surface area contributed by atoms with Gasteiger partial charge in [0.1, 0.15) is 28.1 Å². The van der Waals surface area contributed by atoms with Crippen molar-refractivity contribution >= 4 is 27.5 Å². The first-order chi connectivity index (χ1) is 16.5. The van der Waals surface area contributed by atoms with Crippen molar-refractivity contribution in [2.24, 2.45) is 7.05 Å². The van der Waals surface area contributed by atoms with Crippen LogP contribution in [0.15, 0.2) is 29.3 Å². The van der Waals surface area contributed by atoms with Crippen LogP contribution in [0.1, 0.15) is 51.8 Å². The number of ketones is 1. The van der Waals surface area contributed by atoms with Gasteiger partial charge in [-0.05, 0) is 51.8 Å². The van der Waals surface area contributed by atoms with Gasteiger partial charge in [0.25, 0.3) is 10.0 Å². The van der Waals surface area contributed by atoms with Crippen molar-refractivity contribution in [2.45, 2.75) is 69.7 Å². The average molecular weight is 532 g/mol. The van der Waals surface area contributed by atoms with Gasteiger partial charge in [-0.1, -0.05) is 6.07 Å². The van der Waals surface area contributed by atoms with Crippen LogP contribution in [0.5, 0.6) is 5.75 Å². The second kappa shape index (κ2) is 9.75. The molecule has 0 fully saturated rings. The van der Waals surface area contributed by atoms with Gasteiger partial charge in [-0.15, -0.1) is 0 Å². The number of aryl methyl sites for hydroxylation is 1. The number of nitrogens with zero attached hydrogens (tertiary/aromatic N) is 3. The zero-order valence-corrected chi connectivity index (χ0v) is 21.4. The van der Waals surface area contributed by atoms with Gasteiger partial charge in [-0.3, -0.25) is 13.8 Å². The summed E-state index contributed by atoms with van der Waals surface area (Å²) in [7, 11) is -3.57. The highest BCUT2D eigenvalue weighted by Crippen LogP contribution is 2.41. The van der Waals surface area contributed by atoms with E-state index in [1.54, 1.807) is 26.8 Å². The molecule has 3 rings (SSSR count). The SMILES string of the molecule is CC(=O)CC[C@H]1CN(S(=O)(=O)c2cn(C)nc2C(F)(F)F)c2cc(CC(=O)OC(C)(C)C)ccc2O1. The van der Waals surface area contributed by atoms with Crippen molar-refractivity contribution in [3.05, 3.63) is 35.7 Å². The summed E-state index contributed by atoms with van der Waals surface area (Å²) in [5, 5.41) is 3.32. The monoisotopic (exact) mass is 531 g/mol. The number of carbonyl (C=O) groups excluding carboxylic acids is 2. The number of halogens is 3. The molecule has 0 bridgehead atoms. The minimum atomic E-state index is -5.01. The Kier molecular flexibility index (Phi) is 7.45. The molecule has 1 aromatic heterocycles. The van der Waals surface area contributed by atoms with Gasteiger partial charge < -0.3 is 14.3 Å². The van der Waals surface area contributed by atoms with Gasteiger partial charge in [0.05, 0.1) is 18.7 Å². The Balaban J connectivity index is 2.07. The molecular weight excluding hydrogens is 503 g/mol. The molecule has 9 nitrogen and oxygen atoms in total. The lowest BCUT2D eigenvalue weighted by Crippen LogP contribution is -2.44. The number of rotatable bonds is 7. The number of Topliss-reactive ketones (excluding diaryl/α,β-unsaturated/α-hetero) is 1. The summed E-state index contributed by atoms with van der Waals surface area (Å²) >= 11 is 0. The van der Waals surface area contributed by atoms with Gasteiger partial charge in [0, 0.05) is 19.7 Å². The predicted molar refractivity (Wildman–Crippen MR) is 123 cm³/mol. The van der Waals surface area contributed by atoms with Gasteiger partial charge in [0.15, 0.2) is 5.69 Å². The number of esters is 1. The molecule has 1 aliphatic rings. The molecule has 0 N–H and O–H groups in total. The summed E-state index contributed by atoms with van der Waals surface area (Å²) < 4.78 is 80.8. The van der Waals surface area contributed by atoms with Gasteiger partial charge in [-0.2, -0.15) is 18.3 Å². The molecule has 0 amide bonds. The quantitative estimate of drug-likeness (QED) is 0.502. The smallest absolute Gasteiger partial charge is 0.436 e. The molecule has 36 heavy (non-hydrogen) atoms. The third kappa shape index (κ3) is 6.37. The fourth-order valence-corrected chi connectivity index (χ4v) is 5.41. The molecule has 1 atom stereocenters. The molecule has 0 saturated heterocycles. The Morgan fingerprint density at radius 3 is 2.47 bits per heavy atom. The van der Waals surface area contributed by atoms with E-state index in [2.05, 4.69) is 5.10 Å². The molecule has 0 saturated carbocycles. The number of carbonyl (C=O) groups is 2. The van der Waals surface area contributed by atoms with Gasteiger partial charge in [-0.25, -0.2) is 8.42 Å². The maximum atomic E-state index is 13.6. The number of ether oxygens (including phenoxy) is 2. The summed E-state index contributed by atoms with van der Waals surface area (Å²) in [6.45, 7) is 6.15. The Morgan fingerprint density at radius 2 is 1.89 bits per heavy atom. The molecule has 13 heteroatoms. The van der Waals surface area contributed by atoms with Crippen LogP contribution in [0, 0.1) is 0 Å². The number of benzene rings is 1. The van der Waals surface area contributed by atoms with Crippen molar-refractivity contribution in [1.29, 1.82) is 0 Å². The summed E-state index contributed by atoms with van der Waals surface area (Å²) in [6, 6.07) is 4.37. The van der Waals surface area contributed by atoms with Crippen LogP contribution in [-0.2, 0) is 44.0 Å². The normalized spacial score (nSPS) is 16.3. The topological polar surface area (TPSA) is 108 Å². The fraction of sp³-hybridized carbons (Fsp3) is 0.522. The minimum absolute atomic E-state index is 0.0212. The number of hydrogen-bond donors (Lipinski definition) is 0. The van der Waals surface area contributed by atoms with E-state index in [1.165, 1.54) is 26.1 Å². The van der Waals surface area contributed by atoms with Crippen molar-refractivity contribution in [3.63, 3.8) is 0 Å². The summed E-state index contributed by atoms with van der Waals surface area (Å²) in [5.74, 6) is -0.596. The molecule has 0 unspecified atom stereocenters. The first kappa shape index (κ1) is 27.5. The van der Waals surface area contributed by atoms with E-state index in [4.69, 9.17) is 9.47 Å². The highest BCUT2D eigenvalue weighted by Gasteiger charge is 2.44. The van der Waals surface area contributed by atoms with E-state index in [-0.39, 0.29) is 43.0 Å². The highest BCUT2D eigenvalue weighted by atomic mass is 32.2. The minimum Gasteiger partial charge on any atom is -0.486 e. The Bertz CT molecular complexity index is 1260. The van der Waals surface area contributed by atoms with Crippen LogP contribution >= 0.6 is 0 Å².